The summed E-state index contributed by atoms with van der Waals surface area (Å²) in [6.07, 6.45) is 8.85. The van der Waals surface area contributed by atoms with Crippen LogP contribution in [0.15, 0.2) is 18.2 Å². The second kappa shape index (κ2) is 3.35. The van der Waals surface area contributed by atoms with E-state index in [1.165, 1.54) is 61.6 Å². The minimum atomic E-state index is -0.450. The van der Waals surface area contributed by atoms with E-state index in [1.807, 2.05) is 0 Å². The van der Waals surface area contributed by atoms with Crippen LogP contribution in [0, 0.1) is 11.8 Å². The Kier molecular flexibility index (Phi) is 2.00. The minimum Gasteiger partial charge on any atom is -0.385 e. The smallest absolute Gasteiger partial charge is 0.0960 e. The molecule has 0 bridgehead atoms. The Morgan fingerprint density at radius 1 is 0.941 bits per heavy atom. The van der Waals surface area contributed by atoms with Gasteiger partial charge in [0.15, 0.2) is 0 Å². The van der Waals surface area contributed by atoms with Crippen LogP contribution in [0.1, 0.15) is 48.8 Å². The second-order valence-corrected chi connectivity index (χ2v) is 6.16. The van der Waals surface area contributed by atoms with Crippen LogP contribution in [0.5, 0.6) is 0 Å². The van der Waals surface area contributed by atoms with Gasteiger partial charge in [-0.2, -0.15) is 0 Å². The van der Waals surface area contributed by atoms with E-state index in [2.05, 4.69) is 18.2 Å². The molecule has 0 amide bonds. The maximum atomic E-state index is 10.9. The third-order valence-electron chi connectivity index (χ3n) is 5.35. The highest BCUT2D eigenvalue weighted by molar-refractivity contribution is 5.41. The number of hydrogen-bond donors (Lipinski definition) is 1. The van der Waals surface area contributed by atoms with E-state index >= 15 is 0 Å². The number of benzene rings is 1. The van der Waals surface area contributed by atoms with Gasteiger partial charge in [0.2, 0.25) is 0 Å². The largest absolute Gasteiger partial charge is 0.385 e. The van der Waals surface area contributed by atoms with Crippen LogP contribution in [0.4, 0.5) is 0 Å². The lowest BCUT2D eigenvalue weighted by Gasteiger charge is -2.13. The molecule has 2 fully saturated rings. The summed E-state index contributed by atoms with van der Waals surface area (Å²) < 4.78 is 0. The second-order valence-electron chi connectivity index (χ2n) is 6.16. The average molecular weight is 228 g/mol. The van der Waals surface area contributed by atoms with Crippen molar-refractivity contribution in [2.75, 3.05) is 0 Å². The van der Waals surface area contributed by atoms with Gasteiger partial charge in [0.05, 0.1) is 5.60 Å². The van der Waals surface area contributed by atoms with Crippen molar-refractivity contribution < 1.29 is 5.11 Å². The zero-order valence-corrected chi connectivity index (χ0v) is 10.3. The highest BCUT2D eigenvalue weighted by Crippen LogP contribution is 2.64. The maximum absolute atomic E-state index is 10.9. The summed E-state index contributed by atoms with van der Waals surface area (Å²) in [6, 6.07) is 6.77. The predicted octanol–water partition coefficient (Wildman–Crippen LogP) is 3.18. The fraction of sp³-hybridized carbons (Fsp3) is 0.625. The first-order valence-electron chi connectivity index (χ1n) is 7.15. The van der Waals surface area contributed by atoms with Crippen molar-refractivity contribution in [3.63, 3.8) is 0 Å². The van der Waals surface area contributed by atoms with Gasteiger partial charge in [-0.3, -0.25) is 0 Å². The fourth-order valence-electron chi connectivity index (χ4n) is 4.34. The molecular weight excluding hydrogens is 208 g/mol. The van der Waals surface area contributed by atoms with Crippen LogP contribution in [0.3, 0.4) is 0 Å². The molecule has 3 aliphatic rings. The first kappa shape index (κ1) is 10.1. The lowest BCUT2D eigenvalue weighted by atomic mass is 9.99. The molecule has 0 aromatic heterocycles. The maximum Gasteiger partial charge on any atom is 0.0960 e. The molecule has 1 aromatic carbocycles. The van der Waals surface area contributed by atoms with E-state index < -0.39 is 5.60 Å². The molecular formula is C16H20O. The third-order valence-corrected chi connectivity index (χ3v) is 5.35. The monoisotopic (exact) mass is 228 g/mol. The summed E-state index contributed by atoms with van der Waals surface area (Å²) in [4.78, 5) is 0. The zero-order valence-electron chi connectivity index (χ0n) is 10.3. The first-order valence-corrected chi connectivity index (χ1v) is 7.15. The number of aryl methyl sites for hydroxylation is 2. The van der Waals surface area contributed by atoms with Gasteiger partial charge in [0, 0.05) is 0 Å². The Labute approximate surface area is 103 Å². The summed E-state index contributed by atoms with van der Waals surface area (Å²) in [5.74, 6) is 1.13. The van der Waals surface area contributed by atoms with Crippen molar-refractivity contribution in [1.29, 1.82) is 0 Å². The van der Waals surface area contributed by atoms with Gasteiger partial charge in [-0.1, -0.05) is 31.0 Å². The zero-order chi connectivity index (χ0) is 11.5. The normalized spacial score (nSPS) is 38.6. The van der Waals surface area contributed by atoms with Gasteiger partial charge in [0.25, 0.3) is 0 Å². The van der Waals surface area contributed by atoms with Crippen LogP contribution in [-0.4, -0.2) is 5.11 Å². The summed E-state index contributed by atoms with van der Waals surface area (Å²) >= 11 is 0. The topological polar surface area (TPSA) is 20.2 Å². The molecule has 1 aromatic rings. The third kappa shape index (κ3) is 1.29. The quantitative estimate of drug-likeness (QED) is 0.782. The van der Waals surface area contributed by atoms with E-state index in [0.29, 0.717) is 11.8 Å². The molecule has 2 atom stereocenters. The highest BCUT2D eigenvalue weighted by Gasteiger charge is 2.64. The van der Waals surface area contributed by atoms with E-state index in [9.17, 15) is 5.11 Å². The van der Waals surface area contributed by atoms with Crippen LogP contribution in [0.2, 0.25) is 0 Å². The van der Waals surface area contributed by atoms with Gasteiger partial charge in [-0.25, -0.2) is 0 Å². The van der Waals surface area contributed by atoms with E-state index in [1.54, 1.807) is 0 Å². The number of hydrogen-bond acceptors (Lipinski definition) is 1. The number of rotatable bonds is 1. The number of fused-ring (bicyclic) bond motifs is 2. The molecule has 2 unspecified atom stereocenters. The van der Waals surface area contributed by atoms with Crippen LogP contribution >= 0.6 is 0 Å². The Morgan fingerprint density at radius 2 is 1.65 bits per heavy atom. The predicted molar refractivity (Wildman–Crippen MR) is 67.8 cm³/mol. The minimum absolute atomic E-state index is 0.450. The fourth-order valence-corrected chi connectivity index (χ4v) is 4.34. The molecule has 3 aliphatic carbocycles. The molecule has 0 aliphatic heterocycles. The lowest BCUT2D eigenvalue weighted by Crippen LogP contribution is -2.10. The lowest BCUT2D eigenvalue weighted by molar-refractivity contribution is 0.118. The summed E-state index contributed by atoms with van der Waals surface area (Å²) in [5.41, 5.74) is 3.78. The Balaban J connectivity index is 1.71. The molecule has 4 rings (SSSR count). The van der Waals surface area contributed by atoms with Gasteiger partial charge >= 0.3 is 0 Å². The Hall–Kier alpha value is -0.820. The van der Waals surface area contributed by atoms with Crippen molar-refractivity contribution in [3.05, 3.63) is 34.9 Å². The summed E-state index contributed by atoms with van der Waals surface area (Å²) in [7, 11) is 0. The van der Waals surface area contributed by atoms with E-state index in [-0.39, 0.29) is 0 Å². The highest BCUT2D eigenvalue weighted by atomic mass is 16.3. The summed E-state index contributed by atoms with van der Waals surface area (Å²) in [5, 5.41) is 10.9. The Bertz CT molecular complexity index is 451. The molecule has 1 N–H and O–H groups in total. The Morgan fingerprint density at radius 3 is 2.41 bits per heavy atom. The first-order chi connectivity index (χ1) is 8.30. The van der Waals surface area contributed by atoms with Crippen LogP contribution < -0.4 is 0 Å². The van der Waals surface area contributed by atoms with E-state index in [0.717, 1.165) is 0 Å². The van der Waals surface area contributed by atoms with Gasteiger partial charge < -0.3 is 5.11 Å². The molecule has 0 radical (unpaired) electrons. The van der Waals surface area contributed by atoms with Crippen molar-refractivity contribution in [3.8, 4) is 0 Å². The van der Waals surface area contributed by atoms with Gasteiger partial charge in [-0.15, -0.1) is 0 Å². The molecule has 0 spiro atoms. The molecule has 2 saturated carbocycles. The van der Waals surface area contributed by atoms with Crippen molar-refractivity contribution in [1.82, 2.24) is 0 Å². The molecule has 0 heterocycles. The summed E-state index contributed by atoms with van der Waals surface area (Å²) in [6.45, 7) is 0. The van der Waals surface area contributed by atoms with Gasteiger partial charge in [0.1, 0.15) is 0 Å². The molecule has 0 saturated heterocycles. The van der Waals surface area contributed by atoms with Crippen LogP contribution in [-0.2, 0) is 18.4 Å². The van der Waals surface area contributed by atoms with Crippen molar-refractivity contribution >= 4 is 0 Å². The van der Waals surface area contributed by atoms with Crippen molar-refractivity contribution in [2.24, 2.45) is 11.8 Å². The van der Waals surface area contributed by atoms with E-state index in [4.69, 9.17) is 0 Å². The SMILES string of the molecule is OC1(c2ccc3c(c2)CCC3)C2CCCCC21. The molecule has 17 heavy (non-hydrogen) atoms. The van der Waals surface area contributed by atoms with Crippen LogP contribution in [0.25, 0.3) is 0 Å². The standard InChI is InChI=1S/C16H20O/c17-16(14-6-1-2-7-15(14)16)13-9-8-11-4-3-5-12(11)10-13/h8-10,14-15,17H,1-7H2. The number of aliphatic hydroxyl groups is 1. The molecule has 1 heteroatoms. The average Bonchev–Trinajstić information content (AvgIpc) is 2.77. The molecule has 1 nitrogen and oxygen atoms in total. The van der Waals surface area contributed by atoms with Gasteiger partial charge in [-0.05, 0) is 60.6 Å². The van der Waals surface area contributed by atoms with Crippen molar-refractivity contribution in [2.45, 2.75) is 50.5 Å². The molecule has 90 valence electrons.